The minimum atomic E-state index is -0.899. The average molecular weight is 617 g/mol. The fraction of sp³-hybridized carbons (Fsp3) is 0.500. The highest BCUT2D eigenvalue weighted by atomic mass is 19.1. The SMILES string of the molecule is COc1cc2c(c(F)c1OC)C(=N)N(CC(=O)c1cc(OCCCCC(=O)O)c(OCCCCC(=O)O)c(C(C)(C)C)c1)C2. The zero-order valence-corrected chi connectivity index (χ0v) is 25.9. The van der Waals surface area contributed by atoms with Crippen LogP contribution in [0.4, 0.5) is 4.39 Å². The molecule has 11 nitrogen and oxygen atoms in total. The van der Waals surface area contributed by atoms with Crippen LogP contribution in [0.1, 0.15) is 86.3 Å². The van der Waals surface area contributed by atoms with Crippen LogP contribution in [0.3, 0.4) is 0 Å². The van der Waals surface area contributed by atoms with Gasteiger partial charge in [0.05, 0.1) is 39.5 Å². The van der Waals surface area contributed by atoms with E-state index in [1.54, 1.807) is 18.2 Å². The molecule has 12 heteroatoms. The molecule has 0 aliphatic carbocycles. The van der Waals surface area contributed by atoms with Gasteiger partial charge in [0, 0.05) is 30.5 Å². The number of amidine groups is 1. The van der Waals surface area contributed by atoms with Gasteiger partial charge < -0.3 is 34.1 Å². The number of carbonyl (C=O) groups excluding carboxylic acids is 1. The Bertz CT molecular complexity index is 1400. The number of nitrogens with zero attached hydrogens (tertiary/aromatic N) is 1. The molecule has 3 rings (SSSR count). The van der Waals surface area contributed by atoms with E-state index in [2.05, 4.69) is 0 Å². The quantitative estimate of drug-likeness (QED) is 0.155. The van der Waals surface area contributed by atoms with Crippen molar-refractivity contribution in [2.75, 3.05) is 34.0 Å². The molecule has 0 unspecified atom stereocenters. The summed E-state index contributed by atoms with van der Waals surface area (Å²) in [6, 6.07) is 4.90. The molecule has 2 aromatic rings. The van der Waals surface area contributed by atoms with E-state index in [0.29, 0.717) is 53.9 Å². The molecule has 0 aromatic heterocycles. The predicted molar refractivity (Wildman–Crippen MR) is 160 cm³/mol. The molecule has 1 heterocycles. The largest absolute Gasteiger partial charge is 0.493 e. The molecule has 1 aliphatic heterocycles. The summed E-state index contributed by atoms with van der Waals surface area (Å²) in [7, 11) is 2.71. The smallest absolute Gasteiger partial charge is 0.303 e. The van der Waals surface area contributed by atoms with Gasteiger partial charge in [0.1, 0.15) is 5.84 Å². The number of benzene rings is 2. The zero-order chi connectivity index (χ0) is 32.6. The Labute approximate surface area is 256 Å². The van der Waals surface area contributed by atoms with E-state index in [-0.39, 0.29) is 67.8 Å². The van der Waals surface area contributed by atoms with Crippen molar-refractivity contribution in [3.8, 4) is 23.0 Å². The summed E-state index contributed by atoms with van der Waals surface area (Å²) in [6.45, 7) is 6.24. The number of carbonyl (C=O) groups is 3. The Morgan fingerprint density at radius 1 is 0.886 bits per heavy atom. The molecular weight excluding hydrogens is 575 g/mol. The number of halogens is 1. The summed E-state index contributed by atoms with van der Waals surface area (Å²) in [4.78, 5) is 37.0. The van der Waals surface area contributed by atoms with Gasteiger partial charge in [-0.1, -0.05) is 20.8 Å². The molecule has 0 radical (unpaired) electrons. The predicted octanol–water partition coefficient (Wildman–Crippen LogP) is 5.43. The summed E-state index contributed by atoms with van der Waals surface area (Å²) in [5.41, 5.74) is 1.09. The fourth-order valence-corrected chi connectivity index (χ4v) is 4.91. The van der Waals surface area contributed by atoms with Gasteiger partial charge in [-0.15, -0.1) is 0 Å². The number of nitrogens with one attached hydrogen (secondary N) is 1. The maximum Gasteiger partial charge on any atom is 0.303 e. The maximum absolute atomic E-state index is 15.2. The van der Waals surface area contributed by atoms with Crippen molar-refractivity contribution in [3.05, 3.63) is 46.3 Å². The van der Waals surface area contributed by atoms with Crippen LogP contribution in [0.5, 0.6) is 23.0 Å². The van der Waals surface area contributed by atoms with Crippen molar-refractivity contribution in [1.82, 2.24) is 4.90 Å². The normalized spacial score (nSPS) is 12.6. The van der Waals surface area contributed by atoms with Crippen molar-refractivity contribution in [1.29, 1.82) is 5.41 Å². The number of methoxy groups -OCH3 is 2. The third kappa shape index (κ3) is 8.39. The van der Waals surface area contributed by atoms with Crippen molar-refractivity contribution >= 4 is 23.6 Å². The van der Waals surface area contributed by atoms with Gasteiger partial charge in [-0.25, -0.2) is 4.39 Å². The van der Waals surface area contributed by atoms with Gasteiger partial charge >= 0.3 is 11.9 Å². The van der Waals surface area contributed by atoms with E-state index in [0.717, 1.165) is 0 Å². The van der Waals surface area contributed by atoms with Gasteiger partial charge in [-0.3, -0.25) is 19.8 Å². The first kappa shape index (κ1) is 34.1. The number of ketones is 1. The molecule has 2 aromatic carbocycles. The van der Waals surface area contributed by atoms with Gasteiger partial charge in [0.2, 0.25) is 0 Å². The summed E-state index contributed by atoms with van der Waals surface area (Å²) in [5.74, 6) is -2.13. The maximum atomic E-state index is 15.2. The zero-order valence-electron chi connectivity index (χ0n) is 25.9. The number of Topliss-reactive ketones (excluding diaryl/α,β-unsaturated/α-hetero) is 1. The number of fused-ring (bicyclic) bond motifs is 1. The second-order valence-corrected chi connectivity index (χ2v) is 11.6. The lowest BCUT2D eigenvalue weighted by molar-refractivity contribution is -0.138. The molecule has 1 aliphatic rings. The Morgan fingerprint density at radius 2 is 1.50 bits per heavy atom. The standard InChI is InChI=1S/C32H41FN2O9/c1-32(2,3)21-14-19(15-24(43-12-8-6-10-25(37)38)29(21)44-13-9-7-11-26(39)40)22(36)18-35-17-20-16-23(41-4)30(42-5)28(33)27(20)31(35)34/h14-16,34H,6-13,17-18H2,1-5H3,(H,37,38)(H,39,40). The second-order valence-electron chi connectivity index (χ2n) is 11.6. The van der Waals surface area contributed by atoms with Crippen LogP contribution >= 0.6 is 0 Å². The first-order chi connectivity index (χ1) is 20.8. The monoisotopic (exact) mass is 616 g/mol. The number of unbranched alkanes of at least 4 members (excludes halogenated alkanes) is 2. The van der Waals surface area contributed by atoms with Gasteiger partial charge in [-0.05, 0) is 54.9 Å². The lowest BCUT2D eigenvalue weighted by Crippen LogP contribution is -2.30. The van der Waals surface area contributed by atoms with Crippen molar-refractivity contribution < 1.29 is 47.9 Å². The molecule has 0 saturated heterocycles. The first-order valence-corrected chi connectivity index (χ1v) is 14.5. The Kier molecular flexibility index (Phi) is 11.6. The van der Waals surface area contributed by atoms with Crippen LogP contribution in [-0.4, -0.2) is 72.6 Å². The molecular formula is C32H41FN2O9. The number of hydrogen-bond donors (Lipinski definition) is 3. The summed E-state index contributed by atoms with van der Waals surface area (Å²) in [5, 5.41) is 26.5. The molecule has 0 saturated carbocycles. The van der Waals surface area contributed by atoms with Crippen LogP contribution < -0.4 is 18.9 Å². The molecule has 3 N–H and O–H groups in total. The van der Waals surface area contributed by atoms with Gasteiger partial charge in [-0.2, -0.15) is 0 Å². The molecule has 0 atom stereocenters. The lowest BCUT2D eigenvalue weighted by atomic mass is 9.84. The minimum absolute atomic E-state index is 0.00455. The highest BCUT2D eigenvalue weighted by Crippen LogP contribution is 2.41. The van der Waals surface area contributed by atoms with Crippen molar-refractivity contribution in [3.63, 3.8) is 0 Å². The number of hydrogen-bond acceptors (Lipinski definition) is 8. The van der Waals surface area contributed by atoms with E-state index in [1.165, 1.54) is 19.1 Å². The highest BCUT2D eigenvalue weighted by Gasteiger charge is 2.33. The Balaban J connectivity index is 1.90. The van der Waals surface area contributed by atoms with E-state index >= 15 is 4.39 Å². The Hall–Kier alpha value is -4.35. The van der Waals surface area contributed by atoms with Crippen LogP contribution in [0.15, 0.2) is 18.2 Å². The highest BCUT2D eigenvalue weighted by molar-refractivity contribution is 6.06. The number of aliphatic carboxylic acids is 2. The third-order valence-electron chi connectivity index (χ3n) is 7.20. The number of carboxylic acid groups (broad SMARTS) is 2. The van der Waals surface area contributed by atoms with Gasteiger partial charge in [0.15, 0.2) is 34.6 Å². The Morgan fingerprint density at radius 3 is 2.05 bits per heavy atom. The van der Waals surface area contributed by atoms with Crippen LogP contribution in [-0.2, 0) is 21.5 Å². The second kappa shape index (κ2) is 14.9. The van der Waals surface area contributed by atoms with Crippen molar-refractivity contribution in [2.45, 2.75) is 71.3 Å². The minimum Gasteiger partial charge on any atom is -0.493 e. The lowest BCUT2D eigenvalue weighted by Gasteiger charge is -2.26. The molecule has 44 heavy (non-hydrogen) atoms. The number of ether oxygens (including phenoxy) is 4. The van der Waals surface area contributed by atoms with Crippen LogP contribution in [0.2, 0.25) is 0 Å². The third-order valence-corrected chi connectivity index (χ3v) is 7.20. The van der Waals surface area contributed by atoms with E-state index in [9.17, 15) is 14.4 Å². The van der Waals surface area contributed by atoms with Crippen LogP contribution in [0, 0.1) is 11.2 Å². The molecule has 0 bridgehead atoms. The summed E-state index contributed by atoms with van der Waals surface area (Å²) in [6.07, 6.45) is 1.84. The topological polar surface area (TPSA) is 156 Å². The average Bonchev–Trinajstić information content (AvgIpc) is 3.26. The van der Waals surface area contributed by atoms with Gasteiger partial charge in [0.25, 0.3) is 0 Å². The fourth-order valence-electron chi connectivity index (χ4n) is 4.91. The van der Waals surface area contributed by atoms with E-state index in [4.69, 9.17) is 34.6 Å². The molecule has 240 valence electrons. The number of carboxylic acids is 2. The van der Waals surface area contributed by atoms with E-state index in [1.807, 2.05) is 20.8 Å². The number of rotatable bonds is 17. The van der Waals surface area contributed by atoms with E-state index < -0.39 is 23.2 Å². The molecule has 0 amide bonds. The first-order valence-electron chi connectivity index (χ1n) is 14.5. The van der Waals surface area contributed by atoms with Crippen molar-refractivity contribution in [2.24, 2.45) is 0 Å². The molecule has 0 spiro atoms. The molecule has 0 fully saturated rings. The van der Waals surface area contributed by atoms with Crippen LogP contribution in [0.25, 0.3) is 0 Å². The summed E-state index contributed by atoms with van der Waals surface area (Å²) < 4.78 is 37.8. The summed E-state index contributed by atoms with van der Waals surface area (Å²) >= 11 is 0.